The number of hydrogen-bond acceptors (Lipinski definition) is 3. The van der Waals surface area contributed by atoms with E-state index in [-0.39, 0.29) is 5.91 Å². The summed E-state index contributed by atoms with van der Waals surface area (Å²) >= 11 is 0. The fourth-order valence-electron chi connectivity index (χ4n) is 1.54. The lowest BCUT2D eigenvalue weighted by molar-refractivity contribution is -0.119. The molecule has 0 heterocycles. The molecule has 0 aliphatic carbocycles. The summed E-state index contributed by atoms with van der Waals surface area (Å²) in [6, 6.07) is 8.30. The standard InChI is InChI=1S/C15H21N3O/c1-4-16-9-12(2)15-7-5-14(6-8-15)10-17-11-18-13(3)19/h4-9,17H,10-11H2,1-3H3,(H,18,19)/b12-9+,16-4?. The van der Waals surface area contributed by atoms with Crippen molar-refractivity contribution in [3.8, 4) is 0 Å². The number of amides is 1. The van der Waals surface area contributed by atoms with E-state index in [1.54, 1.807) is 6.21 Å². The fourth-order valence-corrected chi connectivity index (χ4v) is 1.54. The highest BCUT2D eigenvalue weighted by Crippen LogP contribution is 2.14. The van der Waals surface area contributed by atoms with Crippen molar-refractivity contribution in [3.05, 3.63) is 41.6 Å². The van der Waals surface area contributed by atoms with E-state index in [2.05, 4.69) is 39.9 Å². The van der Waals surface area contributed by atoms with Crippen molar-refractivity contribution in [2.75, 3.05) is 6.67 Å². The zero-order chi connectivity index (χ0) is 14.1. The Labute approximate surface area is 114 Å². The van der Waals surface area contributed by atoms with Crippen LogP contribution >= 0.6 is 0 Å². The van der Waals surface area contributed by atoms with Crippen LogP contribution in [0.25, 0.3) is 5.57 Å². The molecule has 0 fully saturated rings. The van der Waals surface area contributed by atoms with Crippen LogP contribution in [0.3, 0.4) is 0 Å². The lowest BCUT2D eigenvalue weighted by Crippen LogP contribution is -2.31. The SMILES string of the molecule is CC=N/C=C(\C)c1ccc(CNCNC(C)=O)cc1. The van der Waals surface area contributed by atoms with E-state index in [0.29, 0.717) is 6.67 Å². The van der Waals surface area contributed by atoms with Crippen molar-refractivity contribution in [2.24, 2.45) is 4.99 Å². The van der Waals surface area contributed by atoms with Crippen LogP contribution in [0.2, 0.25) is 0 Å². The Balaban J connectivity index is 2.50. The Hall–Kier alpha value is -1.94. The Morgan fingerprint density at radius 1 is 1.26 bits per heavy atom. The summed E-state index contributed by atoms with van der Waals surface area (Å²) in [6.07, 6.45) is 3.62. The molecule has 1 aromatic rings. The van der Waals surface area contributed by atoms with Crippen molar-refractivity contribution in [2.45, 2.75) is 27.3 Å². The second kappa shape index (κ2) is 8.21. The molecule has 0 atom stereocenters. The molecular formula is C15H21N3O. The number of rotatable bonds is 6. The molecule has 0 bridgehead atoms. The summed E-state index contributed by atoms with van der Waals surface area (Å²) in [4.78, 5) is 14.8. The van der Waals surface area contributed by atoms with Gasteiger partial charge in [0.15, 0.2) is 0 Å². The third-order valence-corrected chi connectivity index (χ3v) is 2.62. The van der Waals surface area contributed by atoms with E-state index >= 15 is 0 Å². The maximum absolute atomic E-state index is 10.7. The van der Waals surface area contributed by atoms with E-state index in [0.717, 1.165) is 17.7 Å². The number of carbonyl (C=O) groups is 1. The molecule has 0 aliphatic rings. The second-order valence-corrected chi connectivity index (χ2v) is 4.25. The Morgan fingerprint density at radius 2 is 1.95 bits per heavy atom. The average molecular weight is 259 g/mol. The van der Waals surface area contributed by atoms with Crippen molar-refractivity contribution in [1.29, 1.82) is 0 Å². The first-order chi connectivity index (χ1) is 9.13. The Kier molecular flexibility index (Phi) is 6.53. The topological polar surface area (TPSA) is 53.5 Å². The first kappa shape index (κ1) is 15.1. The van der Waals surface area contributed by atoms with Gasteiger partial charge in [0, 0.05) is 25.9 Å². The van der Waals surface area contributed by atoms with Gasteiger partial charge in [-0.1, -0.05) is 24.3 Å². The molecule has 4 nitrogen and oxygen atoms in total. The van der Waals surface area contributed by atoms with E-state index in [1.807, 2.05) is 20.0 Å². The van der Waals surface area contributed by atoms with Crippen molar-refractivity contribution in [1.82, 2.24) is 10.6 Å². The monoisotopic (exact) mass is 259 g/mol. The molecule has 0 spiro atoms. The molecule has 4 heteroatoms. The summed E-state index contributed by atoms with van der Waals surface area (Å²) < 4.78 is 0. The number of hydrogen-bond donors (Lipinski definition) is 2. The number of allylic oxidation sites excluding steroid dienone is 1. The highest BCUT2D eigenvalue weighted by Gasteiger charge is 1.97. The molecule has 0 aliphatic heterocycles. The molecule has 1 amide bonds. The minimum absolute atomic E-state index is 0.0277. The number of nitrogens with one attached hydrogen (secondary N) is 2. The number of nitrogens with zero attached hydrogens (tertiary/aromatic N) is 1. The average Bonchev–Trinajstić information content (AvgIpc) is 2.41. The largest absolute Gasteiger partial charge is 0.344 e. The molecule has 0 unspecified atom stereocenters. The molecular weight excluding hydrogens is 238 g/mol. The molecule has 0 aromatic heterocycles. The molecule has 0 saturated heterocycles. The van der Waals surface area contributed by atoms with Gasteiger partial charge >= 0.3 is 0 Å². The van der Waals surface area contributed by atoms with Crippen LogP contribution in [-0.4, -0.2) is 18.8 Å². The van der Waals surface area contributed by atoms with Crippen LogP contribution in [0, 0.1) is 0 Å². The zero-order valence-corrected chi connectivity index (χ0v) is 11.7. The number of benzene rings is 1. The maximum Gasteiger partial charge on any atom is 0.217 e. The summed E-state index contributed by atoms with van der Waals surface area (Å²) in [6.45, 7) is 6.66. The first-order valence-electron chi connectivity index (χ1n) is 6.32. The first-order valence-corrected chi connectivity index (χ1v) is 6.32. The van der Waals surface area contributed by atoms with Gasteiger partial charge in [0.1, 0.15) is 0 Å². The van der Waals surface area contributed by atoms with Crippen LogP contribution in [0.4, 0.5) is 0 Å². The lowest BCUT2D eigenvalue weighted by Gasteiger charge is -2.06. The smallest absolute Gasteiger partial charge is 0.217 e. The van der Waals surface area contributed by atoms with Gasteiger partial charge in [-0.05, 0) is 30.5 Å². The van der Waals surface area contributed by atoms with Gasteiger partial charge in [-0.25, -0.2) is 0 Å². The van der Waals surface area contributed by atoms with Gasteiger partial charge in [-0.2, -0.15) is 0 Å². The van der Waals surface area contributed by atoms with Gasteiger partial charge in [-0.3, -0.25) is 15.1 Å². The van der Waals surface area contributed by atoms with E-state index < -0.39 is 0 Å². The minimum atomic E-state index is -0.0277. The van der Waals surface area contributed by atoms with Crippen LogP contribution in [0.5, 0.6) is 0 Å². The molecule has 1 aromatic carbocycles. The van der Waals surface area contributed by atoms with Gasteiger partial charge < -0.3 is 5.32 Å². The van der Waals surface area contributed by atoms with Crippen LogP contribution in [0.15, 0.2) is 35.5 Å². The highest BCUT2D eigenvalue weighted by molar-refractivity contribution is 5.72. The van der Waals surface area contributed by atoms with Gasteiger partial charge in [0.2, 0.25) is 5.91 Å². The van der Waals surface area contributed by atoms with Crippen LogP contribution < -0.4 is 10.6 Å². The van der Waals surface area contributed by atoms with Crippen molar-refractivity contribution >= 4 is 17.7 Å². The third kappa shape index (κ3) is 5.97. The zero-order valence-electron chi connectivity index (χ0n) is 11.7. The normalized spacial score (nSPS) is 11.8. The fraction of sp³-hybridized carbons (Fsp3) is 0.333. The van der Waals surface area contributed by atoms with Gasteiger partial charge in [0.05, 0.1) is 6.67 Å². The highest BCUT2D eigenvalue weighted by atomic mass is 16.1. The molecule has 1 rings (SSSR count). The predicted molar refractivity (Wildman–Crippen MR) is 79.8 cm³/mol. The van der Waals surface area contributed by atoms with Crippen LogP contribution in [-0.2, 0) is 11.3 Å². The number of carbonyl (C=O) groups excluding carboxylic acids is 1. The molecule has 0 radical (unpaired) electrons. The summed E-state index contributed by atoms with van der Waals surface area (Å²) in [7, 11) is 0. The van der Waals surface area contributed by atoms with E-state index in [4.69, 9.17) is 0 Å². The lowest BCUT2D eigenvalue weighted by atomic mass is 10.1. The quantitative estimate of drug-likeness (QED) is 0.468. The van der Waals surface area contributed by atoms with E-state index in [9.17, 15) is 4.79 Å². The molecule has 2 N–H and O–H groups in total. The molecule has 102 valence electrons. The van der Waals surface area contributed by atoms with Crippen molar-refractivity contribution in [3.63, 3.8) is 0 Å². The summed E-state index contributed by atoms with van der Waals surface area (Å²) in [5.41, 5.74) is 3.48. The molecule has 0 saturated carbocycles. The van der Waals surface area contributed by atoms with Crippen molar-refractivity contribution < 1.29 is 4.79 Å². The second-order valence-electron chi connectivity index (χ2n) is 4.25. The maximum atomic E-state index is 10.7. The molecule has 19 heavy (non-hydrogen) atoms. The van der Waals surface area contributed by atoms with Gasteiger partial charge in [-0.15, -0.1) is 0 Å². The Morgan fingerprint density at radius 3 is 2.53 bits per heavy atom. The summed E-state index contributed by atoms with van der Waals surface area (Å²) in [5, 5.41) is 5.84. The minimum Gasteiger partial charge on any atom is -0.344 e. The Bertz CT molecular complexity index is 461. The predicted octanol–water partition coefficient (Wildman–Crippen LogP) is 2.32. The van der Waals surface area contributed by atoms with Crippen LogP contribution in [0.1, 0.15) is 31.9 Å². The third-order valence-electron chi connectivity index (χ3n) is 2.62. The summed E-state index contributed by atoms with van der Waals surface area (Å²) in [5.74, 6) is -0.0277. The van der Waals surface area contributed by atoms with Gasteiger partial charge in [0.25, 0.3) is 0 Å². The number of aliphatic imine (C=N–C) groups is 1. The van der Waals surface area contributed by atoms with E-state index in [1.165, 1.54) is 12.5 Å².